The van der Waals surface area contributed by atoms with Crippen LogP contribution in [0.25, 0.3) is 0 Å². The highest BCUT2D eigenvalue weighted by Gasteiger charge is 2.28. The lowest BCUT2D eigenvalue weighted by atomic mass is 9.91. The van der Waals surface area contributed by atoms with Gasteiger partial charge in [0.05, 0.1) is 18.2 Å². The molecule has 0 spiro atoms. The summed E-state index contributed by atoms with van der Waals surface area (Å²) in [5.74, 6) is -0.120. The summed E-state index contributed by atoms with van der Waals surface area (Å²) in [4.78, 5) is 10.8. The van der Waals surface area contributed by atoms with Crippen molar-refractivity contribution >= 4 is 5.97 Å². The Morgan fingerprint density at radius 1 is 1.64 bits per heavy atom. The van der Waals surface area contributed by atoms with Gasteiger partial charge in [-0.1, -0.05) is 0 Å². The minimum atomic E-state index is -0.706. The van der Waals surface area contributed by atoms with E-state index in [-0.39, 0.29) is 12.0 Å². The first-order chi connectivity index (χ1) is 6.77. The summed E-state index contributed by atoms with van der Waals surface area (Å²) in [6, 6.07) is 3.75. The molecule has 0 bridgehead atoms. The van der Waals surface area contributed by atoms with Gasteiger partial charge in [0.25, 0.3) is 0 Å². The van der Waals surface area contributed by atoms with Crippen molar-refractivity contribution in [2.75, 3.05) is 6.54 Å². The van der Waals surface area contributed by atoms with Crippen LogP contribution in [0.2, 0.25) is 0 Å². The molecule has 0 aliphatic carbocycles. The fourth-order valence-corrected chi connectivity index (χ4v) is 1.85. The smallest absolute Gasteiger partial charge is 0.306 e. The van der Waals surface area contributed by atoms with E-state index >= 15 is 0 Å². The van der Waals surface area contributed by atoms with E-state index in [1.54, 1.807) is 6.26 Å². The highest BCUT2D eigenvalue weighted by Crippen LogP contribution is 2.27. The number of rotatable bonds is 2. The lowest BCUT2D eigenvalue weighted by molar-refractivity contribution is -0.143. The molecule has 1 fully saturated rings. The summed E-state index contributed by atoms with van der Waals surface area (Å²) in [6.07, 6.45) is 2.93. The van der Waals surface area contributed by atoms with Crippen molar-refractivity contribution in [3.63, 3.8) is 0 Å². The molecule has 4 nitrogen and oxygen atoms in total. The van der Waals surface area contributed by atoms with Gasteiger partial charge in [-0.3, -0.25) is 4.79 Å². The molecular weight excluding hydrogens is 182 g/mol. The predicted molar refractivity (Wildman–Crippen MR) is 49.8 cm³/mol. The van der Waals surface area contributed by atoms with Gasteiger partial charge >= 0.3 is 5.97 Å². The zero-order chi connectivity index (χ0) is 9.97. The van der Waals surface area contributed by atoms with E-state index in [2.05, 4.69) is 5.32 Å². The van der Waals surface area contributed by atoms with E-state index in [1.165, 1.54) is 0 Å². The average molecular weight is 195 g/mol. The predicted octanol–water partition coefficient (Wildman–Crippen LogP) is 1.40. The second-order valence-electron chi connectivity index (χ2n) is 3.58. The molecule has 76 valence electrons. The molecule has 0 amide bonds. The minimum Gasteiger partial charge on any atom is -0.481 e. The number of aliphatic carboxylic acids is 1. The molecule has 2 unspecified atom stereocenters. The number of hydrogen-bond acceptors (Lipinski definition) is 3. The monoisotopic (exact) mass is 195 g/mol. The van der Waals surface area contributed by atoms with Crippen LogP contribution in [-0.4, -0.2) is 17.6 Å². The van der Waals surface area contributed by atoms with Crippen LogP contribution in [0, 0.1) is 5.92 Å². The number of carboxylic acids is 1. The number of carbonyl (C=O) groups is 1. The SMILES string of the molecule is O=C(O)C1CCNC(c2ccco2)C1. The van der Waals surface area contributed by atoms with E-state index in [1.807, 2.05) is 12.1 Å². The van der Waals surface area contributed by atoms with Crippen LogP contribution in [0.15, 0.2) is 22.8 Å². The third-order valence-electron chi connectivity index (χ3n) is 2.64. The van der Waals surface area contributed by atoms with Gasteiger partial charge in [0.15, 0.2) is 0 Å². The number of nitrogens with one attached hydrogen (secondary N) is 1. The van der Waals surface area contributed by atoms with Crippen molar-refractivity contribution < 1.29 is 14.3 Å². The molecule has 0 radical (unpaired) electrons. The number of furan rings is 1. The topological polar surface area (TPSA) is 62.5 Å². The lowest BCUT2D eigenvalue weighted by Crippen LogP contribution is -2.34. The van der Waals surface area contributed by atoms with Crippen LogP contribution in [0.3, 0.4) is 0 Å². The first kappa shape index (κ1) is 9.27. The summed E-state index contributed by atoms with van der Waals surface area (Å²) >= 11 is 0. The Balaban J connectivity index is 2.04. The van der Waals surface area contributed by atoms with Crippen molar-refractivity contribution in [1.29, 1.82) is 0 Å². The van der Waals surface area contributed by atoms with Crippen molar-refractivity contribution in [2.24, 2.45) is 5.92 Å². The molecule has 1 aromatic heterocycles. The first-order valence-corrected chi connectivity index (χ1v) is 4.77. The summed E-state index contributed by atoms with van der Waals surface area (Å²) in [6.45, 7) is 0.738. The maximum atomic E-state index is 10.8. The van der Waals surface area contributed by atoms with Crippen molar-refractivity contribution in [2.45, 2.75) is 18.9 Å². The Bertz CT molecular complexity index is 307. The minimum absolute atomic E-state index is 0.0554. The molecule has 2 rings (SSSR count). The molecule has 1 aromatic rings. The van der Waals surface area contributed by atoms with Crippen molar-refractivity contribution in [3.05, 3.63) is 24.2 Å². The zero-order valence-electron chi connectivity index (χ0n) is 7.77. The van der Waals surface area contributed by atoms with Gasteiger partial charge in [-0.25, -0.2) is 0 Å². The summed E-state index contributed by atoms with van der Waals surface area (Å²) in [5, 5.41) is 12.1. The van der Waals surface area contributed by atoms with Gasteiger partial charge in [0.1, 0.15) is 5.76 Å². The highest BCUT2D eigenvalue weighted by molar-refractivity contribution is 5.70. The van der Waals surface area contributed by atoms with Crippen LogP contribution >= 0.6 is 0 Å². The van der Waals surface area contributed by atoms with Gasteiger partial charge < -0.3 is 14.8 Å². The molecule has 2 N–H and O–H groups in total. The summed E-state index contributed by atoms with van der Waals surface area (Å²) in [7, 11) is 0. The molecule has 0 aromatic carbocycles. The normalized spacial score (nSPS) is 27.4. The summed E-state index contributed by atoms with van der Waals surface area (Å²) in [5.41, 5.74) is 0. The largest absolute Gasteiger partial charge is 0.481 e. The summed E-state index contributed by atoms with van der Waals surface area (Å²) < 4.78 is 5.25. The Labute approximate surface area is 81.9 Å². The molecular formula is C10H13NO3. The Morgan fingerprint density at radius 3 is 3.14 bits per heavy atom. The van der Waals surface area contributed by atoms with Gasteiger partial charge in [0.2, 0.25) is 0 Å². The second kappa shape index (κ2) is 3.84. The second-order valence-corrected chi connectivity index (χ2v) is 3.58. The van der Waals surface area contributed by atoms with E-state index in [9.17, 15) is 4.79 Å². The van der Waals surface area contributed by atoms with E-state index in [0.717, 1.165) is 12.3 Å². The molecule has 2 heterocycles. The zero-order valence-corrected chi connectivity index (χ0v) is 7.77. The van der Waals surface area contributed by atoms with Crippen LogP contribution in [0.5, 0.6) is 0 Å². The Hall–Kier alpha value is -1.29. The maximum absolute atomic E-state index is 10.8. The number of carboxylic acid groups (broad SMARTS) is 1. The van der Waals surface area contributed by atoms with E-state index in [4.69, 9.17) is 9.52 Å². The molecule has 1 aliphatic rings. The first-order valence-electron chi connectivity index (χ1n) is 4.77. The average Bonchev–Trinajstić information content (AvgIpc) is 2.71. The molecule has 1 aliphatic heterocycles. The van der Waals surface area contributed by atoms with E-state index < -0.39 is 5.97 Å². The van der Waals surface area contributed by atoms with E-state index in [0.29, 0.717) is 12.8 Å². The third-order valence-corrected chi connectivity index (χ3v) is 2.64. The number of hydrogen-bond donors (Lipinski definition) is 2. The quantitative estimate of drug-likeness (QED) is 0.748. The van der Waals surface area contributed by atoms with Crippen LogP contribution in [-0.2, 0) is 4.79 Å². The molecule has 14 heavy (non-hydrogen) atoms. The molecule has 0 saturated carbocycles. The van der Waals surface area contributed by atoms with Gasteiger partial charge in [0, 0.05) is 0 Å². The van der Waals surface area contributed by atoms with Crippen LogP contribution in [0.1, 0.15) is 24.6 Å². The van der Waals surface area contributed by atoms with Crippen molar-refractivity contribution in [3.8, 4) is 0 Å². The maximum Gasteiger partial charge on any atom is 0.306 e. The fourth-order valence-electron chi connectivity index (χ4n) is 1.85. The molecule has 1 saturated heterocycles. The van der Waals surface area contributed by atoms with Gasteiger partial charge in [-0.2, -0.15) is 0 Å². The highest BCUT2D eigenvalue weighted by atomic mass is 16.4. The molecule has 2 atom stereocenters. The number of piperidine rings is 1. The van der Waals surface area contributed by atoms with Crippen LogP contribution < -0.4 is 5.32 Å². The molecule has 4 heteroatoms. The Kier molecular flexibility index (Phi) is 2.54. The standard InChI is InChI=1S/C10H13NO3/c12-10(13)7-3-4-11-8(6-7)9-2-1-5-14-9/h1-2,5,7-8,11H,3-4,6H2,(H,12,13). The third kappa shape index (κ3) is 1.80. The van der Waals surface area contributed by atoms with Crippen LogP contribution in [0.4, 0.5) is 0 Å². The fraction of sp³-hybridized carbons (Fsp3) is 0.500. The lowest BCUT2D eigenvalue weighted by Gasteiger charge is -2.26. The van der Waals surface area contributed by atoms with Gasteiger partial charge in [-0.05, 0) is 31.5 Å². The van der Waals surface area contributed by atoms with Crippen molar-refractivity contribution in [1.82, 2.24) is 5.32 Å². The van der Waals surface area contributed by atoms with Gasteiger partial charge in [-0.15, -0.1) is 0 Å². The Morgan fingerprint density at radius 2 is 2.50 bits per heavy atom.